The number of rotatable bonds is 2. The molecule has 0 bridgehead atoms. The van der Waals surface area contributed by atoms with Crippen molar-refractivity contribution in [2.45, 2.75) is 0 Å². The number of hydrogen-bond acceptors (Lipinski definition) is 2. The number of benzene rings is 2. The molecule has 0 amide bonds. The van der Waals surface area contributed by atoms with E-state index < -0.39 is 5.97 Å². The number of carboxylic acids is 1. The summed E-state index contributed by atoms with van der Waals surface area (Å²) in [6, 6.07) is 14.8. The van der Waals surface area contributed by atoms with Crippen molar-refractivity contribution in [3.63, 3.8) is 0 Å². The molecular weight excluding hydrogens is 356 g/mol. The van der Waals surface area contributed by atoms with Gasteiger partial charge in [-0.2, -0.15) is 0 Å². The van der Waals surface area contributed by atoms with Gasteiger partial charge in [0.05, 0.1) is 16.8 Å². The van der Waals surface area contributed by atoms with Crippen LogP contribution in [0, 0.1) is 0 Å². The lowest BCUT2D eigenvalue weighted by Crippen LogP contribution is -2.00. The van der Waals surface area contributed by atoms with E-state index in [0.717, 1.165) is 20.9 Å². The van der Waals surface area contributed by atoms with Gasteiger partial charge in [0.15, 0.2) is 0 Å². The maximum atomic E-state index is 11.6. The van der Waals surface area contributed by atoms with Crippen molar-refractivity contribution < 1.29 is 9.90 Å². The number of H-pyrrole nitrogens is 1. The number of carboxylic acid groups (broad SMARTS) is 1. The van der Waals surface area contributed by atoms with Gasteiger partial charge in [-0.1, -0.05) is 34.1 Å². The Morgan fingerprint density at radius 3 is 2.74 bits per heavy atom. The molecule has 5 heteroatoms. The number of carbonyl (C=O) groups is 1. The van der Waals surface area contributed by atoms with Crippen molar-refractivity contribution >= 4 is 43.7 Å². The van der Waals surface area contributed by atoms with Crippen LogP contribution in [0.5, 0.6) is 0 Å². The van der Waals surface area contributed by atoms with Crippen molar-refractivity contribution in [2.24, 2.45) is 0 Å². The standard InChI is InChI=1S/C18H11BrN2O2/c19-10-5-6-15-12(7-10)14(9-20-15)17-8-13(18(22)23)11-3-1-2-4-16(11)21-17/h1-9,20H,(H,22,23). The predicted octanol–water partition coefficient (Wildman–Crippen LogP) is 4.84. The molecule has 23 heavy (non-hydrogen) atoms. The highest BCUT2D eigenvalue weighted by Crippen LogP contribution is 2.32. The summed E-state index contributed by atoms with van der Waals surface area (Å²) in [5, 5.41) is 11.2. The molecule has 0 aliphatic rings. The number of fused-ring (bicyclic) bond motifs is 2. The van der Waals surface area contributed by atoms with Crippen LogP contribution in [-0.2, 0) is 0 Å². The van der Waals surface area contributed by atoms with Crippen LogP contribution < -0.4 is 0 Å². The zero-order valence-corrected chi connectivity index (χ0v) is 13.5. The van der Waals surface area contributed by atoms with E-state index in [-0.39, 0.29) is 5.56 Å². The second kappa shape index (κ2) is 5.21. The van der Waals surface area contributed by atoms with Crippen LogP contribution in [0.4, 0.5) is 0 Å². The molecular formula is C18H11BrN2O2. The molecule has 0 spiro atoms. The van der Waals surface area contributed by atoms with Gasteiger partial charge < -0.3 is 10.1 Å². The minimum Gasteiger partial charge on any atom is -0.478 e. The van der Waals surface area contributed by atoms with E-state index in [4.69, 9.17) is 0 Å². The highest BCUT2D eigenvalue weighted by atomic mass is 79.9. The van der Waals surface area contributed by atoms with Crippen LogP contribution in [0.15, 0.2) is 59.2 Å². The molecule has 0 saturated heterocycles. The average molecular weight is 367 g/mol. The lowest BCUT2D eigenvalue weighted by molar-refractivity contribution is 0.0699. The third-order valence-electron chi connectivity index (χ3n) is 3.87. The second-order valence-electron chi connectivity index (χ2n) is 5.27. The summed E-state index contributed by atoms with van der Waals surface area (Å²) >= 11 is 3.47. The van der Waals surface area contributed by atoms with E-state index in [0.29, 0.717) is 16.6 Å². The molecule has 0 fully saturated rings. The number of halogens is 1. The quantitative estimate of drug-likeness (QED) is 0.533. The summed E-state index contributed by atoms with van der Waals surface area (Å²) in [7, 11) is 0. The van der Waals surface area contributed by atoms with Crippen LogP contribution in [0.25, 0.3) is 33.1 Å². The van der Waals surface area contributed by atoms with Gasteiger partial charge in [0.1, 0.15) is 0 Å². The van der Waals surface area contributed by atoms with E-state index in [1.54, 1.807) is 12.1 Å². The smallest absolute Gasteiger partial charge is 0.336 e. The summed E-state index contributed by atoms with van der Waals surface area (Å²) in [4.78, 5) is 19.5. The molecule has 4 aromatic rings. The number of nitrogens with one attached hydrogen (secondary N) is 1. The van der Waals surface area contributed by atoms with Gasteiger partial charge in [-0.05, 0) is 30.3 Å². The number of pyridine rings is 1. The summed E-state index contributed by atoms with van der Waals surface area (Å²) in [6.45, 7) is 0. The Morgan fingerprint density at radius 1 is 1.09 bits per heavy atom. The van der Waals surface area contributed by atoms with Gasteiger partial charge in [0.2, 0.25) is 0 Å². The average Bonchev–Trinajstić information content (AvgIpc) is 2.96. The molecule has 0 atom stereocenters. The van der Waals surface area contributed by atoms with Gasteiger partial charge in [-0.25, -0.2) is 9.78 Å². The number of aromatic carboxylic acids is 1. The third kappa shape index (κ3) is 2.29. The molecule has 2 aromatic carbocycles. The number of hydrogen-bond donors (Lipinski definition) is 2. The molecule has 2 aromatic heterocycles. The van der Waals surface area contributed by atoms with Gasteiger partial charge in [-0.15, -0.1) is 0 Å². The highest BCUT2D eigenvalue weighted by molar-refractivity contribution is 9.10. The van der Waals surface area contributed by atoms with Gasteiger partial charge in [0, 0.05) is 32.5 Å². The molecule has 4 nitrogen and oxygen atoms in total. The molecule has 2 N–H and O–H groups in total. The molecule has 0 aliphatic heterocycles. The Hall–Kier alpha value is -2.66. The van der Waals surface area contributed by atoms with E-state index >= 15 is 0 Å². The fourth-order valence-electron chi connectivity index (χ4n) is 2.80. The summed E-state index contributed by atoms with van der Waals surface area (Å²) in [6.07, 6.45) is 1.86. The van der Waals surface area contributed by atoms with E-state index in [9.17, 15) is 9.90 Å². The Morgan fingerprint density at radius 2 is 1.91 bits per heavy atom. The zero-order valence-electron chi connectivity index (χ0n) is 11.9. The number of aromatic nitrogens is 2. The number of nitrogens with zero attached hydrogens (tertiary/aromatic N) is 1. The Kier molecular flexibility index (Phi) is 3.16. The molecule has 0 aliphatic carbocycles. The van der Waals surface area contributed by atoms with Crippen molar-refractivity contribution in [3.05, 3.63) is 64.8 Å². The summed E-state index contributed by atoms with van der Waals surface area (Å²) < 4.78 is 0.963. The summed E-state index contributed by atoms with van der Waals surface area (Å²) in [5.74, 6) is -0.953. The predicted molar refractivity (Wildman–Crippen MR) is 93.7 cm³/mol. The molecule has 112 valence electrons. The molecule has 4 rings (SSSR count). The fraction of sp³-hybridized carbons (Fsp3) is 0. The van der Waals surface area contributed by atoms with Crippen LogP contribution in [0.2, 0.25) is 0 Å². The molecule has 0 unspecified atom stereocenters. The largest absolute Gasteiger partial charge is 0.478 e. The highest BCUT2D eigenvalue weighted by Gasteiger charge is 2.15. The Bertz CT molecular complexity index is 1070. The Balaban J connectivity index is 2.04. The van der Waals surface area contributed by atoms with Gasteiger partial charge >= 0.3 is 5.97 Å². The van der Waals surface area contributed by atoms with Gasteiger partial charge in [-0.3, -0.25) is 0 Å². The minimum absolute atomic E-state index is 0.259. The first-order valence-corrected chi connectivity index (χ1v) is 7.83. The maximum Gasteiger partial charge on any atom is 0.336 e. The monoisotopic (exact) mass is 366 g/mol. The lowest BCUT2D eigenvalue weighted by atomic mass is 10.0. The van der Waals surface area contributed by atoms with Crippen molar-refractivity contribution in [1.82, 2.24) is 9.97 Å². The SMILES string of the molecule is O=C(O)c1cc(-c2c[nH]c3ccc(Br)cc23)nc2ccccc12. The first-order chi connectivity index (χ1) is 11.1. The van der Waals surface area contributed by atoms with E-state index in [1.165, 1.54) is 0 Å². The first-order valence-electron chi connectivity index (χ1n) is 7.03. The van der Waals surface area contributed by atoms with Crippen molar-refractivity contribution in [2.75, 3.05) is 0 Å². The Labute approximate surface area is 139 Å². The first kappa shape index (κ1) is 14.0. The molecule has 0 saturated carbocycles. The lowest BCUT2D eigenvalue weighted by Gasteiger charge is -2.06. The van der Waals surface area contributed by atoms with Crippen molar-refractivity contribution in [3.8, 4) is 11.3 Å². The molecule has 2 heterocycles. The van der Waals surface area contributed by atoms with Gasteiger partial charge in [0.25, 0.3) is 0 Å². The van der Waals surface area contributed by atoms with Crippen LogP contribution in [-0.4, -0.2) is 21.0 Å². The van der Waals surface area contributed by atoms with Crippen molar-refractivity contribution in [1.29, 1.82) is 0 Å². The van der Waals surface area contributed by atoms with Crippen LogP contribution in [0.1, 0.15) is 10.4 Å². The van der Waals surface area contributed by atoms with E-state index in [2.05, 4.69) is 25.9 Å². The fourth-order valence-corrected chi connectivity index (χ4v) is 3.16. The summed E-state index contributed by atoms with van der Waals surface area (Å²) in [5.41, 5.74) is 3.44. The topological polar surface area (TPSA) is 66.0 Å². The third-order valence-corrected chi connectivity index (χ3v) is 4.36. The minimum atomic E-state index is -0.953. The van der Waals surface area contributed by atoms with Crippen LogP contribution >= 0.6 is 15.9 Å². The van der Waals surface area contributed by atoms with E-state index in [1.807, 2.05) is 42.6 Å². The molecule has 0 radical (unpaired) electrons. The zero-order chi connectivity index (χ0) is 16.0. The normalized spacial score (nSPS) is 11.2. The number of para-hydroxylation sites is 1. The van der Waals surface area contributed by atoms with Crippen LogP contribution in [0.3, 0.4) is 0 Å². The second-order valence-corrected chi connectivity index (χ2v) is 6.19. The number of aromatic amines is 1. The maximum absolute atomic E-state index is 11.6.